The standard InChI is InChI=1S/C31H31N3O5/c1-38-30(36)26-17-11-21(12-18-26)19-32-28(35)27(23-7-5-6-8-23)24-15-13-22(14-16-24)20-34-31(37)39-29(33-34)25-9-3-2-4-10-25/h2-4,9-18,23,27H,5-8,19-20H2,1H3,(H,32,35). The molecule has 200 valence electrons. The fourth-order valence-corrected chi connectivity index (χ4v) is 5.21. The molecule has 8 nitrogen and oxygen atoms in total. The van der Waals surface area contributed by atoms with Crippen LogP contribution in [0.5, 0.6) is 0 Å². The van der Waals surface area contributed by atoms with Gasteiger partial charge in [0.15, 0.2) is 0 Å². The van der Waals surface area contributed by atoms with Crippen molar-refractivity contribution >= 4 is 11.9 Å². The molecule has 0 bridgehead atoms. The van der Waals surface area contributed by atoms with E-state index in [1.807, 2.05) is 66.7 Å². The maximum Gasteiger partial charge on any atom is 0.437 e. The van der Waals surface area contributed by atoms with Gasteiger partial charge < -0.3 is 14.5 Å². The van der Waals surface area contributed by atoms with Gasteiger partial charge in [0, 0.05) is 12.1 Å². The Bertz CT molecular complexity index is 1470. The SMILES string of the molecule is COC(=O)c1ccc(CNC(=O)C(c2ccc(Cn3nc(-c4ccccc4)oc3=O)cc2)C2CCCC2)cc1. The number of methoxy groups -OCH3 is 1. The van der Waals surface area contributed by atoms with Gasteiger partial charge in [0.1, 0.15) is 0 Å². The average Bonchev–Trinajstić information content (AvgIpc) is 3.63. The lowest BCUT2D eigenvalue weighted by atomic mass is 9.83. The molecule has 1 saturated carbocycles. The molecule has 0 saturated heterocycles. The minimum Gasteiger partial charge on any atom is -0.465 e. The molecule has 0 spiro atoms. The van der Waals surface area contributed by atoms with E-state index in [9.17, 15) is 14.4 Å². The maximum absolute atomic E-state index is 13.4. The summed E-state index contributed by atoms with van der Waals surface area (Å²) in [6, 6.07) is 24.2. The van der Waals surface area contributed by atoms with Crippen LogP contribution in [0.4, 0.5) is 0 Å². The molecule has 1 fully saturated rings. The van der Waals surface area contributed by atoms with E-state index >= 15 is 0 Å². The molecule has 39 heavy (non-hydrogen) atoms. The topological polar surface area (TPSA) is 103 Å². The monoisotopic (exact) mass is 525 g/mol. The highest BCUT2D eigenvalue weighted by Crippen LogP contribution is 2.37. The Balaban J connectivity index is 1.28. The molecule has 1 unspecified atom stereocenters. The number of ether oxygens (including phenoxy) is 1. The second kappa shape index (κ2) is 11.9. The number of carbonyl (C=O) groups excluding carboxylic acids is 2. The lowest BCUT2D eigenvalue weighted by Crippen LogP contribution is -2.32. The first-order valence-electron chi connectivity index (χ1n) is 13.2. The third kappa shape index (κ3) is 6.17. The van der Waals surface area contributed by atoms with Crippen molar-refractivity contribution in [1.29, 1.82) is 0 Å². The summed E-state index contributed by atoms with van der Waals surface area (Å²) in [5, 5.41) is 7.44. The zero-order valence-electron chi connectivity index (χ0n) is 21.8. The molecular weight excluding hydrogens is 494 g/mol. The van der Waals surface area contributed by atoms with Crippen LogP contribution in [0.15, 0.2) is 88.1 Å². The van der Waals surface area contributed by atoms with Gasteiger partial charge in [0.2, 0.25) is 11.8 Å². The van der Waals surface area contributed by atoms with Crippen LogP contribution in [0.2, 0.25) is 0 Å². The third-order valence-corrected chi connectivity index (χ3v) is 7.29. The molecule has 1 amide bonds. The first-order chi connectivity index (χ1) is 19.0. The summed E-state index contributed by atoms with van der Waals surface area (Å²) in [4.78, 5) is 37.5. The Hall–Kier alpha value is -4.46. The van der Waals surface area contributed by atoms with Gasteiger partial charge in [0.25, 0.3) is 0 Å². The van der Waals surface area contributed by atoms with Gasteiger partial charge in [-0.2, -0.15) is 4.68 Å². The van der Waals surface area contributed by atoms with Crippen molar-refractivity contribution in [3.05, 3.63) is 112 Å². The highest BCUT2D eigenvalue weighted by Gasteiger charge is 2.32. The predicted octanol–water partition coefficient (Wildman–Crippen LogP) is 4.93. The van der Waals surface area contributed by atoms with Crippen LogP contribution in [0.3, 0.4) is 0 Å². The number of benzene rings is 3. The minimum absolute atomic E-state index is 0.00748. The van der Waals surface area contributed by atoms with Crippen molar-refractivity contribution < 1.29 is 18.7 Å². The second-order valence-electron chi connectivity index (χ2n) is 9.87. The van der Waals surface area contributed by atoms with E-state index in [0.717, 1.165) is 47.9 Å². The summed E-state index contributed by atoms with van der Waals surface area (Å²) in [5.41, 5.74) is 3.98. The average molecular weight is 526 g/mol. The molecule has 1 aliphatic rings. The van der Waals surface area contributed by atoms with Crippen molar-refractivity contribution in [2.75, 3.05) is 7.11 Å². The van der Waals surface area contributed by atoms with E-state index < -0.39 is 5.76 Å². The minimum atomic E-state index is -0.513. The van der Waals surface area contributed by atoms with E-state index in [0.29, 0.717) is 12.1 Å². The zero-order chi connectivity index (χ0) is 27.2. The molecular formula is C31H31N3O5. The molecule has 0 aliphatic heterocycles. The fraction of sp³-hybridized carbons (Fsp3) is 0.290. The number of rotatable bonds is 9. The van der Waals surface area contributed by atoms with Gasteiger partial charge in [-0.25, -0.2) is 9.59 Å². The van der Waals surface area contributed by atoms with E-state index in [-0.39, 0.29) is 36.1 Å². The first-order valence-corrected chi connectivity index (χ1v) is 13.2. The predicted molar refractivity (Wildman–Crippen MR) is 146 cm³/mol. The van der Waals surface area contributed by atoms with E-state index in [4.69, 9.17) is 9.15 Å². The molecule has 1 heterocycles. The lowest BCUT2D eigenvalue weighted by Gasteiger charge is -2.23. The second-order valence-corrected chi connectivity index (χ2v) is 9.87. The summed E-state index contributed by atoms with van der Waals surface area (Å²) in [5.74, 6) is -0.595. The molecule has 1 aromatic heterocycles. The van der Waals surface area contributed by atoms with Gasteiger partial charge in [0.05, 0.1) is 25.1 Å². The van der Waals surface area contributed by atoms with Crippen molar-refractivity contribution in [2.24, 2.45) is 5.92 Å². The van der Waals surface area contributed by atoms with Gasteiger partial charge in [-0.05, 0) is 59.7 Å². The Labute approximate surface area is 226 Å². The van der Waals surface area contributed by atoms with Crippen LogP contribution in [-0.4, -0.2) is 28.8 Å². The highest BCUT2D eigenvalue weighted by molar-refractivity contribution is 5.89. The summed E-state index contributed by atoms with van der Waals surface area (Å²) >= 11 is 0. The van der Waals surface area contributed by atoms with E-state index in [1.165, 1.54) is 11.8 Å². The van der Waals surface area contributed by atoms with Gasteiger partial charge in [-0.15, -0.1) is 5.10 Å². The molecule has 0 radical (unpaired) electrons. The van der Waals surface area contributed by atoms with E-state index in [2.05, 4.69) is 10.4 Å². The number of hydrogen-bond acceptors (Lipinski definition) is 6. The van der Waals surface area contributed by atoms with Crippen LogP contribution in [0, 0.1) is 5.92 Å². The highest BCUT2D eigenvalue weighted by atomic mass is 16.5. The Morgan fingerprint density at radius 2 is 1.64 bits per heavy atom. The van der Waals surface area contributed by atoms with Crippen LogP contribution in [-0.2, 0) is 22.6 Å². The molecule has 4 aromatic rings. The zero-order valence-corrected chi connectivity index (χ0v) is 21.8. The molecule has 1 atom stereocenters. The fourth-order valence-electron chi connectivity index (χ4n) is 5.21. The van der Waals surface area contributed by atoms with Crippen molar-refractivity contribution in [3.8, 4) is 11.5 Å². The molecule has 1 N–H and O–H groups in total. The molecule has 1 aliphatic carbocycles. The Morgan fingerprint density at radius 3 is 2.31 bits per heavy atom. The summed E-state index contributed by atoms with van der Waals surface area (Å²) in [6.45, 7) is 0.651. The van der Waals surface area contributed by atoms with Crippen molar-refractivity contribution in [3.63, 3.8) is 0 Å². The summed E-state index contributed by atoms with van der Waals surface area (Å²) in [6.07, 6.45) is 4.29. The van der Waals surface area contributed by atoms with Crippen LogP contribution >= 0.6 is 0 Å². The Kier molecular flexibility index (Phi) is 8.01. The van der Waals surface area contributed by atoms with Crippen molar-refractivity contribution in [2.45, 2.75) is 44.7 Å². The number of nitrogens with one attached hydrogen (secondary N) is 1. The molecule has 3 aromatic carbocycles. The van der Waals surface area contributed by atoms with E-state index in [1.54, 1.807) is 12.1 Å². The molecule has 5 rings (SSSR count). The molecule has 8 heteroatoms. The number of nitrogens with zero attached hydrogens (tertiary/aromatic N) is 2. The van der Waals surface area contributed by atoms with Gasteiger partial charge in [-0.3, -0.25) is 4.79 Å². The third-order valence-electron chi connectivity index (χ3n) is 7.29. The summed E-state index contributed by atoms with van der Waals surface area (Å²) < 4.78 is 11.4. The number of carbonyl (C=O) groups is 2. The van der Waals surface area contributed by atoms with Crippen molar-refractivity contribution in [1.82, 2.24) is 15.1 Å². The number of hydrogen-bond donors (Lipinski definition) is 1. The van der Waals surface area contributed by atoms with Crippen LogP contribution in [0.1, 0.15) is 58.6 Å². The van der Waals surface area contributed by atoms with Gasteiger partial charge in [-0.1, -0.05) is 67.4 Å². The van der Waals surface area contributed by atoms with Gasteiger partial charge >= 0.3 is 11.7 Å². The smallest absolute Gasteiger partial charge is 0.437 e. The number of amides is 1. The van der Waals surface area contributed by atoms with Crippen LogP contribution < -0.4 is 11.1 Å². The quantitative estimate of drug-likeness (QED) is 0.311. The number of esters is 1. The summed E-state index contributed by atoms with van der Waals surface area (Å²) in [7, 11) is 1.35. The first kappa shape index (κ1) is 26.2. The maximum atomic E-state index is 13.4. The Morgan fingerprint density at radius 1 is 0.974 bits per heavy atom. The normalized spacial score (nSPS) is 14.2. The lowest BCUT2D eigenvalue weighted by molar-refractivity contribution is -0.123. The largest absolute Gasteiger partial charge is 0.465 e. The number of aromatic nitrogens is 2. The van der Waals surface area contributed by atoms with Crippen LogP contribution in [0.25, 0.3) is 11.5 Å².